The number of methoxy groups -OCH3 is 1. The molecule has 0 aliphatic carbocycles. The summed E-state index contributed by atoms with van der Waals surface area (Å²) < 4.78 is 44.8. The third-order valence-corrected chi connectivity index (χ3v) is 4.28. The lowest BCUT2D eigenvalue weighted by molar-refractivity contribution is 0.157. The van der Waals surface area contributed by atoms with Crippen LogP contribution in [0.15, 0.2) is 23.1 Å². The van der Waals surface area contributed by atoms with Crippen molar-refractivity contribution in [2.24, 2.45) is 5.92 Å². The molecule has 5 nitrogen and oxygen atoms in total. The maximum atomic E-state index is 12.9. The van der Waals surface area contributed by atoms with E-state index < -0.39 is 15.8 Å². The third kappa shape index (κ3) is 4.15. The fourth-order valence-electron chi connectivity index (χ4n) is 1.57. The summed E-state index contributed by atoms with van der Waals surface area (Å²) in [5.74, 6) is -0.523. The van der Waals surface area contributed by atoms with Crippen molar-refractivity contribution in [3.8, 4) is 0 Å². The van der Waals surface area contributed by atoms with Gasteiger partial charge in [0.05, 0.1) is 12.3 Å². The zero-order valence-corrected chi connectivity index (χ0v) is 12.0. The van der Waals surface area contributed by atoms with Crippen LogP contribution in [0.25, 0.3) is 0 Å². The highest BCUT2D eigenvalue weighted by atomic mass is 32.2. The summed E-state index contributed by atoms with van der Waals surface area (Å²) in [6.45, 7) is 4.00. The Morgan fingerprint density at radius 1 is 1.42 bits per heavy atom. The van der Waals surface area contributed by atoms with Crippen LogP contribution in [0.5, 0.6) is 0 Å². The molecule has 0 amide bonds. The van der Waals surface area contributed by atoms with Gasteiger partial charge in [0.15, 0.2) is 0 Å². The average Bonchev–Trinajstić information content (AvgIpc) is 2.27. The summed E-state index contributed by atoms with van der Waals surface area (Å²) in [6, 6.07) is 2.82. The van der Waals surface area contributed by atoms with Crippen molar-refractivity contribution in [1.82, 2.24) is 4.72 Å². The Balaban J connectivity index is 3.03. The molecular weight excluding hydrogens is 271 g/mol. The van der Waals surface area contributed by atoms with Gasteiger partial charge < -0.3 is 10.5 Å². The van der Waals surface area contributed by atoms with Crippen LogP contribution >= 0.6 is 0 Å². The third-order valence-electron chi connectivity index (χ3n) is 2.72. The van der Waals surface area contributed by atoms with E-state index >= 15 is 0 Å². The van der Waals surface area contributed by atoms with Crippen molar-refractivity contribution in [3.05, 3.63) is 24.0 Å². The molecule has 1 rings (SSSR count). The second kappa shape index (κ2) is 6.31. The zero-order valence-electron chi connectivity index (χ0n) is 11.2. The molecule has 0 aliphatic heterocycles. The minimum atomic E-state index is -3.80. The van der Waals surface area contributed by atoms with Gasteiger partial charge in [-0.15, -0.1) is 0 Å². The Bertz CT molecular complexity index is 532. The van der Waals surface area contributed by atoms with Crippen LogP contribution in [0.3, 0.4) is 0 Å². The molecule has 1 aromatic carbocycles. The number of benzene rings is 1. The molecule has 0 heterocycles. The van der Waals surface area contributed by atoms with Crippen LogP contribution in [0.4, 0.5) is 10.1 Å². The molecule has 108 valence electrons. The number of hydrogen-bond donors (Lipinski definition) is 2. The van der Waals surface area contributed by atoms with Crippen molar-refractivity contribution >= 4 is 15.7 Å². The number of nitrogens with one attached hydrogen (secondary N) is 1. The molecule has 0 bridgehead atoms. The van der Waals surface area contributed by atoms with Gasteiger partial charge in [-0.3, -0.25) is 0 Å². The molecule has 19 heavy (non-hydrogen) atoms. The zero-order chi connectivity index (χ0) is 14.6. The van der Waals surface area contributed by atoms with Gasteiger partial charge >= 0.3 is 0 Å². The van der Waals surface area contributed by atoms with Crippen LogP contribution in [0, 0.1) is 11.7 Å². The van der Waals surface area contributed by atoms with Crippen LogP contribution in [0.2, 0.25) is 0 Å². The Hall–Kier alpha value is -1.18. The number of anilines is 1. The monoisotopic (exact) mass is 290 g/mol. The second-order valence-corrected chi connectivity index (χ2v) is 6.29. The Labute approximate surface area is 113 Å². The SMILES string of the molecule is COCC(NS(=O)(=O)c1ccc(F)cc1N)C(C)C. The molecule has 0 aliphatic rings. The van der Waals surface area contributed by atoms with E-state index in [1.54, 1.807) is 0 Å². The van der Waals surface area contributed by atoms with Crippen LogP contribution < -0.4 is 10.5 Å². The molecule has 1 atom stereocenters. The van der Waals surface area contributed by atoms with E-state index in [0.717, 1.165) is 18.2 Å². The average molecular weight is 290 g/mol. The molecule has 0 saturated carbocycles. The Morgan fingerprint density at radius 3 is 2.53 bits per heavy atom. The molecule has 0 radical (unpaired) electrons. The van der Waals surface area contributed by atoms with E-state index in [1.807, 2.05) is 13.8 Å². The Morgan fingerprint density at radius 2 is 2.05 bits per heavy atom. The van der Waals surface area contributed by atoms with Crippen molar-refractivity contribution < 1.29 is 17.5 Å². The standard InChI is InChI=1S/C12H19FN2O3S/c1-8(2)11(7-18-3)15-19(16,17)12-5-4-9(13)6-10(12)14/h4-6,8,11,15H,7,14H2,1-3H3. The fourth-order valence-corrected chi connectivity index (χ4v) is 3.05. The summed E-state index contributed by atoms with van der Waals surface area (Å²) in [6.07, 6.45) is 0. The van der Waals surface area contributed by atoms with Gasteiger partial charge in [-0.05, 0) is 24.1 Å². The lowest BCUT2D eigenvalue weighted by atomic mass is 10.1. The second-order valence-electron chi connectivity index (χ2n) is 4.61. The summed E-state index contributed by atoms with van der Waals surface area (Å²) in [5, 5.41) is 0. The van der Waals surface area contributed by atoms with Crippen molar-refractivity contribution in [2.45, 2.75) is 24.8 Å². The van der Waals surface area contributed by atoms with E-state index in [0.29, 0.717) is 0 Å². The van der Waals surface area contributed by atoms with Gasteiger partial charge in [0.1, 0.15) is 10.7 Å². The first-order chi connectivity index (χ1) is 8.77. The van der Waals surface area contributed by atoms with E-state index in [2.05, 4.69) is 4.72 Å². The normalized spacial score (nSPS) is 13.7. The number of ether oxygens (including phenoxy) is 1. The van der Waals surface area contributed by atoms with Crippen LogP contribution in [-0.4, -0.2) is 28.2 Å². The first kappa shape index (κ1) is 15.9. The minimum absolute atomic E-state index is 0.0522. The summed E-state index contributed by atoms with van der Waals surface area (Å²) in [7, 11) is -2.30. The number of sulfonamides is 1. The molecule has 0 saturated heterocycles. The van der Waals surface area contributed by atoms with Crippen molar-refractivity contribution in [1.29, 1.82) is 0 Å². The highest BCUT2D eigenvalue weighted by molar-refractivity contribution is 7.89. The molecule has 0 aromatic heterocycles. The lowest BCUT2D eigenvalue weighted by Gasteiger charge is -2.21. The van der Waals surface area contributed by atoms with E-state index in [1.165, 1.54) is 7.11 Å². The fraction of sp³-hybridized carbons (Fsp3) is 0.500. The van der Waals surface area contributed by atoms with Gasteiger partial charge in [-0.1, -0.05) is 13.8 Å². The molecule has 3 N–H and O–H groups in total. The summed E-state index contributed by atoms with van der Waals surface area (Å²) in [4.78, 5) is -0.129. The minimum Gasteiger partial charge on any atom is -0.398 e. The van der Waals surface area contributed by atoms with Crippen LogP contribution in [0.1, 0.15) is 13.8 Å². The number of halogens is 1. The van der Waals surface area contributed by atoms with E-state index in [9.17, 15) is 12.8 Å². The van der Waals surface area contributed by atoms with E-state index in [4.69, 9.17) is 10.5 Å². The van der Waals surface area contributed by atoms with Gasteiger partial charge in [0, 0.05) is 13.2 Å². The number of hydrogen-bond acceptors (Lipinski definition) is 4. The topological polar surface area (TPSA) is 81.4 Å². The summed E-state index contributed by atoms with van der Waals surface area (Å²) >= 11 is 0. The highest BCUT2D eigenvalue weighted by Gasteiger charge is 2.24. The maximum absolute atomic E-state index is 12.9. The Kier molecular flexibility index (Phi) is 5.28. The van der Waals surface area contributed by atoms with Crippen molar-refractivity contribution in [2.75, 3.05) is 19.5 Å². The molecular formula is C12H19FN2O3S. The van der Waals surface area contributed by atoms with Gasteiger partial charge in [-0.25, -0.2) is 17.5 Å². The van der Waals surface area contributed by atoms with E-state index in [-0.39, 0.29) is 29.1 Å². The van der Waals surface area contributed by atoms with Crippen molar-refractivity contribution in [3.63, 3.8) is 0 Å². The van der Waals surface area contributed by atoms with Crippen LogP contribution in [-0.2, 0) is 14.8 Å². The first-order valence-electron chi connectivity index (χ1n) is 5.84. The van der Waals surface area contributed by atoms with Gasteiger partial charge in [0.25, 0.3) is 0 Å². The number of rotatable bonds is 6. The summed E-state index contributed by atoms with van der Waals surface area (Å²) in [5.41, 5.74) is 5.42. The molecule has 1 unspecified atom stereocenters. The first-order valence-corrected chi connectivity index (χ1v) is 7.32. The van der Waals surface area contributed by atoms with Gasteiger partial charge in [-0.2, -0.15) is 0 Å². The highest BCUT2D eigenvalue weighted by Crippen LogP contribution is 2.20. The largest absolute Gasteiger partial charge is 0.398 e. The maximum Gasteiger partial charge on any atom is 0.242 e. The number of nitrogens with two attached hydrogens (primary N) is 1. The quantitative estimate of drug-likeness (QED) is 0.775. The van der Waals surface area contributed by atoms with Gasteiger partial charge in [0.2, 0.25) is 10.0 Å². The lowest BCUT2D eigenvalue weighted by Crippen LogP contribution is -2.41. The molecule has 7 heteroatoms. The predicted octanol–water partition coefficient (Wildman–Crippen LogP) is 1.36. The molecule has 0 fully saturated rings. The molecule has 1 aromatic rings. The predicted molar refractivity (Wildman–Crippen MR) is 71.6 cm³/mol. The molecule has 0 spiro atoms. The smallest absolute Gasteiger partial charge is 0.242 e. The number of nitrogen functional groups attached to an aromatic ring is 1.